The number of anilines is 2. The van der Waals surface area contributed by atoms with E-state index in [2.05, 4.69) is 32.7 Å². The molecule has 0 radical (unpaired) electrons. The van der Waals surface area contributed by atoms with Crippen molar-refractivity contribution in [3.8, 4) is 17.7 Å². The number of rotatable bonds is 9. The van der Waals surface area contributed by atoms with Gasteiger partial charge < -0.3 is 30.6 Å². The molecule has 2 fully saturated rings. The number of carbonyl (C=O) groups is 2. The maximum Gasteiger partial charge on any atom is 0.415 e. The minimum absolute atomic E-state index is 0.112. The summed E-state index contributed by atoms with van der Waals surface area (Å²) in [6.07, 6.45) is 4.97. The first-order chi connectivity index (χ1) is 18.4. The number of ether oxygens (including phenoxy) is 3. The zero-order valence-electron chi connectivity index (χ0n) is 20.9. The average Bonchev–Trinajstić information content (AvgIpc) is 3.32. The van der Waals surface area contributed by atoms with Crippen molar-refractivity contribution in [2.24, 2.45) is 11.7 Å². The van der Waals surface area contributed by atoms with Gasteiger partial charge in [-0.15, -0.1) is 0 Å². The second-order valence-electron chi connectivity index (χ2n) is 10.5. The number of nitrogens with one attached hydrogen (secondary N) is 2. The normalized spacial score (nSPS) is 22.6. The zero-order valence-corrected chi connectivity index (χ0v) is 20.9. The SMILES string of the molecule is N#Cc1cc(OCC2(N)CC2)cc2c1CC(CNCCC1CN(c3cnc4c(n3)NC(=O)CO4)C(=O)O1)C2. The molecule has 3 heterocycles. The number of aromatic nitrogens is 2. The van der Waals surface area contributed by atoms with Gasteiger partial charge in [0, 0.05) is 0 Å². The van der Waals surface area contributed by atoms with Gasteiger partial charge in [-0.05, 0) is 74.4 Å². The number of hydrogen-bond donors (Lipinski definition) is 3. The van der Waals surface area contributed by atoms with Crippen molar-refractivity contribution < 1.29 is 23.8 Å². The number of nitrogens with two attached hydrogens (primary N) is 1. The Bertz CT molecular complexity index is 1320. The molecule has 2 aromatic rings. The van der Waals surface area contributed by atoms with E-state index < -0.39 is 6.09 Å². The molecule has 1 aromatic heterocycles. The van der Waals surface area contributed by atoms with Gasteiger partial charge in [-0.25, -0.2) is 14.8 Å². The molecule has 4 aliphatic rings. The number of hydrogen-bond acceptors (Lipinski definition) is 10. The summed E-state index contributed by atoms with van der Waals surface area (Å²) in [6, 6.07) is 6.20. The molecule has 0 bridgehead atoms. The molecule has 38 heavy (non-hydrogen) atoms. The van der Waals surface area contributed by atoms with Crippen LogP contribution in [0.3, 0.4) is 0 Å². The van der Waals surface area contributed by atoms with Crippen molar-refractivity contribution in [3.63, 3.8) is 0 Å². The van der Waals surface area contributed by atoms with E-state index in [1.807, 2.05) is 6.07 Å². The Kier molecular flexibility index (Phi) is 6.25. The lowest BCUT2D eigenvalue weighted by Crippen LogP contribution is -2.30. The summed E-state index contributed by atoms with van der Waals surface area (Å²) >= 11 is 0. The van der Waals surface area contributed by atoms with Crippen LogP contribution < -0.4 is 30.7 Å². The fourth-order valence-corrected chi connectivity index (χ4v) is 5.07. The molecule has 2 aliphatic carbocycles. The van der Waals surface area contributed by atoms with Crippen LogP contribution >= 0.6 is 0 Å². The summed E-state index contributed by atoms with van der Waals surface area (Å²) in [6.45, 7) is 2.18. The van der Waals surface area contributed by atoms with E-state index >= 15 is 0 Å². The smallest absolute Gasteiger partial charge is 0.415 e. The van der Waals surface area contributed by atoms with Crippen LogP contribution in [-0.2, 0) is 22.4 Å². The summed E-state index contributed by atoms with van der Waals surface area (Å²) in [5, 5.41) is 15.7. The van der Waals surface area contributed by atoms with Crippen molar-refractivity contribution in [3.05, 3.63) is 35.0 Å². The van der Waals surface area contributed by atoms with Crippen LogP contribution in [0.15, 0.2) is 18.3 Å². The summed E-state index contributed by atoms with van der Waals surface area (Å²) in [7, 11) is 0. The van der Waals surface area contributed by atoms with Gasteiger partial charge in [0.05, 0.1) is 29.9 Å². The number of nitrogens with zero attached hydrogens (tertiary/aromatic N) is 4. The second kappa shape index (κ2) is 9.74. The predicted octanol–water partition coefficient (Wildman–Crippen LogP) is 1.27. The lowest BCUT2D eigenvalue weighted by atomic mass is 10.0. The summed E-state index contributed by atoms with van der Waals surface area (Å²) in [5.74, 6) is 1.49. The van der Waals surface area contributed by atoms with Crippen molar-refractivity contribution in [1.82, 2.24) is 15.3 Å². The molecule has 6 rings (SSSR count). The molecule has 12 heteroatoms. The molecule has 1 saturated heterocycles. The van der Waals surface area contributed by atoms with Gasteiger partial charge in [0.25, 0.3) is 11.8 Å². The Hall–Kier alpha value is -3.95. The molecule has 1 saturated carbocycles. The maximum atomic E-state index is 12.4. The van der Waals surface area contributed by atoms with E-state index in [9.17, 15) is 14.9 Å². The highest BCUT2D eigenvalue weighted by Gasteiger charge is 2.39. The van der Waals surface area contributed by atoms with Crippen LogP contribution in [0, 0.1) is 17.2 Å². The highest BCUT2D eigenvalue weighted by molar-refractivity contribution is 5.94. The molecule has 1 aromatic carbocycles. The molecular weight excluding hydrogens is 490 g/mol. The van der Waals surface area contributed by atoms with Crippen LogP contribution in [-0.4, -0.2) is 66.5 Å². The number of nitriles is 1. The summed E-state index contributed by atoms with van der Waals surface area (Å²) < 4.78 is 16.6. The number of carbonyl (C=O) groups excluding carboxylic acids is 2. The molecular formula is C26H29N7O5. The van der Waals surface area contributed by atoms with E-state index in [4.69, 9.17) is 19.9 Å². The van der Waals surface area contributed by atoms with Crippen molar-refractivity contribution >= 4 is 23.6 Å². The first-order valence-electron chi connectivity index (χ1n) is 12.9. The Morgan fingerprint density at radius 1 is 1.32 bits per heavy atom. The Morgan fingerprint density at radius 2 is 2.18 bits per heavy atom. The third-order valence-corrected chi connectivity index (χ3v) is 7.41. The molecule has 2 aliphatic heterocycles. The fourth-order valence-electron chi connectivity index (χ4n) is 5.07. The first kappa shape index (κ1) is 24.4. The van der Waals surface area contributed by atoms with Gasteiger partial charge in [0.2, 0.25) is 0 Å². The largest absolute Gasteiger partial charge is 0.492 e. The second-order valence-corrected chi connectivity index (χ2v) is 10.5. The number of amides is 2. The Morgan fingerprint density at radius 3 is 3.00 bits per heavy atom. The van der Waals surface area contributed by atoms with Crippen molar-refractivity contribution in [2.45, 2.75) is 43.7 Å². The third-order valence-electron chi connectivity index (χ3n) is 7.41. The summed E-state index contributed by atoms with van der Waals surface area (Å²) in [5.41, 5.74) is 8.88. The highest BCUT2D eigenvalue weighted by Crippen LogP contribution is 2.36. The van der Waals surface area contributed by atoms with Gasteiger partial charge in [-0.1, -0.05) is 0 Å². The maximum absolute atomic E-state index is 12.4. The van der Waals surface area contributed by atoms with E-state index in [-0.39, 0.29) is 35.9 Å². The van der Waals surface area contributed by atoms with Crippen LogP contribution in [0.1, 0.15) is 36.0 Å². The molecule has 0 spiro atoms. The Labute approximate surface area is 219 Å². The molecule has 2 amide bonds. The quantitative estimate of drug-likeness (QED) is 0.411. The molecule has 2 atom stereocenters. The highest BCUT2D eigenvalue weighted by atomic mass is 16.6. The van der Waals surface area contributed by atoms with Gasteiger partial charge >= 0.3 is 6.09 Å². The topological polar surface area (TPSA) is 165 Å². The first-order valence-corrected chi connectivity index (χ1v) is 12.9. The van der Waals surface area contributed by atoms with Crippen LogP contribution in [0.5, 0.6) is 11.6 Å². The van der Waals surface area contributed by atoms with Gasteiger partial charge in [0.1, 0.15) is 18.5 Å². The minimum atomic E-state index is -0.497. The monoisotopic (exact) mass is 519 g/mol. The third kappa shape index (κ3) is 5.07. The van der Waals surface area contributed by atoms with Gasteiger partial charge in [0.15, 0.2) is 18.2 Å². The number of fused-ring (bicyclic) bond motifs is 2. The van der Waals surface area contributed by atoms with Gasteiger partial charge in [-0.3, -0.25) is 9.69 Å². The van der Waals surface area contributed by atoms with E-state index in [1.54, 1.807) is 0 Å². The number of cyclic esters (lactones) is 1. The van der Waals surface area contributed by atoms with Crippen LogP contribution in [0.4, 0.5) is 16.4 Å². The minimum Gasteiger partial charge on any atom is -0.492 e. The van der Waals surface area contributed by atoms with Crippen molar-refractivity contribution in [2.75, 3.05) is 43.1 Å². The lowest BCUT2D eigenvalue weighted by Gasteiger charge is -2.18. The van der Waals surface area contributed by atoms with Gasteiger partial charge in [-0.2, -0.15) is 5.26 Å². The van der Waals surface area contributed by atoms with Crippen molar-refractivity contribution in [1.29, 1.82) is 5.26 Å². The van der Waals surface area contributed by atoms with E-state index in [0.717, 1.165) is 43.5 Å². The van der Waals surface area contributed by atoms with E-state index in [0.29, 0.717) is 43.4 Å². The summed E-state index contributed by atoms with van der Waals surface area (Å²) in [4.78, 5) is 33.8. The molecule has 12 nitrogen and oxygen atoms in total. The van der Waals surface area contributed by atoms with Crippen LogP contribution in [0.2, 0.25) is 0 Å². The average molecular weight is 520 g/mol. The van der Waals surface area contributed by atoms with E-state index in [1.165, 1.54) is 16.7 Å². The Balaban J connectivity index is 0.978. The lowest BCUT2D eigenvalue weighted by molar-refractivity contribution is -0.118. The predicted molar refractivity (Wildman–Crippen MR) is 135 cm³/mol. The fraction of sp³-hybridized carbons (Fsp3) is 0.500. The standard InChI is InChI=1S/C26H29N7O5/c27-9-17-8-19(37-14-26(28)2-3-26)7-16-5-15(6-20(16)17)10-29-4-1-18-12-33(25(35)38-18)21-11-30-24-23(31-21)32-22(34)13-36-24/h7-8,11,15,18,29H,1-6,10,12-14,28H2,(H,31,32,34). The molecule has 4 N–H and O–H groups in total. The molecule has 198 valence electrons. The molecule has 2 unspecified atom stereocenters. The van der Waals surface area contributed by atoms with Crippen LogP contribution in [0.25, 0.3) is 0 Å². The number of benzene rings is 1. The zero-order chi connectivity index (χ0) is 26.3.